The predicted octanol–water partition coefficient (Wildman–Crippen LogP) is 2.58. The van der Waals surface area contributed by atoms with Gasteiger partial charge in [0.2, 0.25) is 0 Å². The van der Waals surface area contributed by atoms with Gasteiger partial charge in [0.15, 0.2) is 0 Å². The number of rotatable bonds is 4. The number of aromatic amines is 1. The van der Waals surface area contributed by atoms with Gasteiger partial charge in [-0.2, -0.15) is 0 Å². The van der Waals surface area contributed by atoms with Crippen molar-refractivity contribution in [3.8, 4) is 0 Å². The highest BCUT2D eigenvalue weighted by Crippen LogP contribution is 2.10. The van der Waals surface area contributed by atoms with E-state index in [0.29, 0.717) is 23.7 Å². The van der Waals surface area contributed by atoms with E-state index in [1.54, 1.807) is 6.07 Å². The number of aromatic nitrogens is 3. The van der Waals surface area contributed by atoms with Gasteiger partial charge in [0, 0.05) is 24.7 Å². The number of benzene rings is 1. The molecule has 1 amide bonds. The molecule has 3 rings (SSSR count). The van der Waals surface area contributed by atoms with Crippen molar-refractivity contribution in [1.29, 1.82) is 0 Å². The molecule has 0 unspecified atom stereocenters. The van der Waals surface area contributed by atoms with Crippen LogP contribution in [0, 0.1) is 0 Å². The standard InChI is InChI=1S/C15H13ClN4O/c16-13-9-10(5-7-17-13)15(21)18-8-6-14-19-11-3-1-2-4-12(11)20-14/h1-5,7,9H,6,8H2,(H,18,21)(H,19,20). The van der Waals surface area contributed by atoms with Gasteiger partial charge in [0.05, 0.1) is 11.0 Å². The summed E-state index contributed by atoms with van der Waals surface area (Å²) in [4.78, 5) is 23.5. The molecular weight excluding hydrogens is 288 g/mol. The highest BCUT2D eigenvalue weighted by Gasteiger charge is 2.07. The quantitative estimate of drug-likeness (QED) is 0.728. The number of carbonyl (C=O) groups excluding carboxylic acids is 1. The maximum atomic E-state index is 11.9. The largest absolute Gasteiger partial charge is 0.352 e. The van der Waals surface area contributed by atoms with Crippen LogP contribution in [0.3, 0.4) is 0 Å². The fourth-order valence-electron chi connectivity index (χ4n) is 2.06. The zero-order chi connectivity index (χ0) is 14.7. The van der Waals surface area contributed by atoms with Crippen LogP contribution < -0.4 is 5.32 Å². The van der Waals surface area contributed by atoms with Crippen LogP contribution in [0.5, 0.6) is 0 Å². The summed E-state index contributed by atoms with van der Waals surface area (Å²) < 4.78 is 0. The second kappa shape index (κ2) is 5.93. The summed E-state index contributed by atoms with van der Waals surface area (Å²) in [5.74, 6) is 0.680. The number of amides is 1. The van der Waals surface area contributed by atoms with Crippen molar-refractivity contribution in [2.45, 2.75) is 6.42 Å². The van der Waals surface area contributed by atoms with Crippen LogP contribution in [-0.4, -0.2) is 27.4 Å². The van der Waals surface area contributed by atoms with Crippen molar-refractivity contribution in [3.05, 3.63) is 59.1 Å². The number of imidazole rings is 1. The zero-order valence-corrected chi connectivity index (χ0v) is 11.9. The molecule has 0 saturated carbocycles. The van der Waals surface area contributed by atoms with Gasteiger partial charge in [-0.15, -0.1) is 0 Å². The maximum absolute atomic E-state index is 11.9. The number of nitrogens with one attached hydrogen (secondary N) is 2. The number of hydrogen-bond donors (Lipinski definition) is 2. The minimum absolute atomic E-state index is 0.171. The van der Waals surface area contributed by atoms with Gasteiger partial charge in [-0.25, -0.2) is 9.97 Å². The van der Waals surface area contributed by atoms with E-state index >= 15 is 0 Å². The fraction of sp³-hybridized carbons (Fsp3) is 0.133. The van der Waals surface area contributed by atoms with Crippen molar-refractivity contribution in [1.82, 2.24) is 20.3 Å². The number of carbonyl (C=O) groups is 1. The van der Waals surface area contributed by atoms with Crippen molar-refractivity contribution in [3.63, 3.8) is 0 Å². The summed E-state index contributed by atoms with van der Waals surface area (Å²) in [6, 6.07) is 11.0. The van der Waals surface area contributed by atoms with E-state index in [9.17, 15) is 4.79 Å². The molecule has 0 saturated heterocycles. The third kappa shape index (κ3) is 3.20. The van der Waals surface area contributed by atoms with Crippen molar-refractivity contribution in [2.24, 2.45) is 0 Å². The second-order valence-electron chi connectivity index (χ2n) is 4.57. The van der Waals surface area contributed by atoms with E-state index < -0.39 is 0 Å². The summed E-state index contributed by atoms with van der Waals surface area (Å²) >= 11 is 5.76. The molecule has 21 heavy (non-hydrogen) atoms. The summed E-state index contributed by atoms with van der Waals surface area (Å²) in [5.41, 5.74) is 2.43. The molecule has 0 spiro atoms. The normalized spacial score (nSPS) is 10.7. The fourth-order valence-corrected chi connectivity index (χ4v) is 2.24. The molecule has 0 aliphatic heterocycles. The van der Waals surface area contributed by atoms with Gasteiger partial charge >= 0.3 is 0 Å². The molecule has 3 aromatic rings. The Morgan fingerprint density at radius 2 is 2.14 bits per heavy atom. The Bertz CT molecular complexity index is 751. The number of nitrogens with zero attached hydrogens (tertiary/aromatic N) is 2. The molecule has 0 aliphatic rings. The molecule has 2 N–H and O–H groups in total. The number of halogens is 1. The second-order valence-corrected chi connectivity index (χ2v) is 4.96. The third-order valence-electron chi connectivity index (χ3n) is 3.07. The highest BCUT2D eigenvalue weighted by atomic mass is 35.5. The SMILES string of the molecule is O=C(NCCc1nc2ccccc2[nH]1)c1ccnc(Cl)c1. The average molecular weight is 301 g/mol. The Balaban J connectivity index is 1.59. The number of H-pyrrole nitrogens is 1. The van der Waals surface area contributed by atoms with Gasteiger partial charge in [-0.3, -0.25) is 4.79 Å². The average Bonchev–Trinajstić information content (AvgIpc) is 2.89. The topological polar surface area (TPSA) is 70.7 Å². The van der Waals surface area contributed by atoms with Crippen LogP contribution in [0.1, 0.15) is 16.2 Å². The van der Waals surface area contributed by atoms with E-state index in [1.807, 2.05) is 24.3 Å². The number of hydrogen-bond acceptors (Lipinski definition) is 3. The first kappa shape index (κ1) is 13.6. The molecule has 1 aromatic carbocycles. The summed E-state index contributed by atoms with van der Waals surface area (Å²) in [6.45, 7) is 0.499. The number of pyridine rings is 1. The molecule has 0 radical (unpaired) electrons. The van der Waals surface area contributed by atoms with E-state index in [4.69, 9.17) is 11.6 Å². The highest BCUT2D eigenvalue weighted by molar-refractivity contribution is 6.29. The predicted molar refractivity (Wildman–Crippen MR) is 81.4 cm³/mol. The lowest BCUT2D eigenvalue weighted by Gasteiger charge is -2.03. The Morgan fingerprint density at radius 3 is 2.95 bits per heavy atom. The molecule has 6 heteroatoms. The molecule has 2 aromatic heterocycles. The minimum Gasteiger partial charge on any atom is -0.352 e. The molecule has 2 heterocycles. The maximum Gasteiger partial charge on any atom is 0.251 e. The lowest BCUT2D eigenvalue weighted by Crippen LogP contribution is -2.25. The van der Waals surface area contributed by atoms with E-state index in [0.717, 1.165) is 16.9 Å². The molecule has 106 valence electrons. The molecule has 0 bridgehead atoms. The monoisotopic (exact) mass is 300 g/mol. The summed E-state index contributed by atoms with van der Waals surface area (Å²) in [7, 11) is 0. The lowest BCUT2D eigenvalue weighted by atomic mass is 10.2. The minimum atomic E-state index is -0.171. The van der Waals surface area contributed by atoms with Crippen molar-refractivity contribution in [2.75, 3.05) is 6.54 Å². The van der Waals surface area contributed by atoms with Gasteiger partial charge in [-0.1, -0.05) is 23.7 Å². The zero-order valence-electron chi connectivity index (χ0n) is 11.1. The first-order valence-corrected chi connectivity index (χ1v) is 6.93. The Labute approximate surface area is 126 Å². The Kier molecular flexibility index (Phi) is 3.83. The van der Waals surface area contributed by atoms with Crippen LogP contribution in [0.25, 0.3) is 11.0 Å². The molecule has 0 atom stereocenters. The first-order valence-electron chi connectivity index (χ1n) is 6.56. The molecule has 5 nitrogen and oxygen atoms in total. The first-order chi connectivity index (χ1) is 10.2. The van der Waals surface area contributed by atoms with Crippen molar-refractivity contribution < 1.29 is 4.79 Å². The van der Waals surface area contributed by atoms with Crippen LogP contribution in [0.15, 0.2) is 42.6 Å². The third-order valence-corrected chi connectivity index (χ3v) is 3.28. The number of para-hydroxylation sites is 2. The Morgan fingerprint density at radius 1 is 1.29 bits per heavy atom. The van der Waals surface area contributed by atoms with E-state index in [2.05, 4.69) is 20.3 Å². The summed E-state index contributed by atoms with van der Waals surface area (Å²) in [6.07, 6.45) is 2.15. The van der Waals surface area contributed by atoms with Crippen LogP contribution in [0.2, 0.25) is 5.15 Å². The Hall–Kier alpha value is -2.40. The van der Waals surface area contributed by atoms with Crippen LogP contribution in [-0.2, 0) is 6.42 Å². The van der Waals surface area contributed by atoms with Gasteiger partial charge in [0.25, 0.3) is 5.91 Å². The van der Waals surface area contributed by atoms with Gasteiger partial charge < -0.3 is 10.3 Å². The van der Waals surface area contributed by atoms with Crippen LogP contribution >= 0.6 is 11.6 Å². The molecule has 0 fully saturated rings. The van der Waals surface area contributed by atoms with Gasteiger partial charge in [0.1, 0.15) is 11.0 Å². The van der Waals surface area contributed by atoms with Gasteiger partial charge in [-0.05, 0) is 24.3 Å². The van der Waals surface area contributed by atoms with Crippen LogP contribution in [0.4, 0.5) is 0 Å². The smallest absolute Gasteiger partial charge is 0.251 e. The van der Waals surface area contributed by atoms with Crippen molar-refractivity contribution >= 4 is 28.5 Å². The van der Waals surface area contributed by atoms with E-state index in [-0.39, 0.29) is 5.91 Å². The summed E-state index contributed by atoms with van der Waals surface area (Å²) in [5, 5.41) is 3.14. The number of fused-ring (bicyclic) bond motifs is 1. The van der Waals surface area contributed by atoms with E-state index in [1.165, 1.54) is 12.3 Å². The molecular formula is C15H13ClN4O. The molecule has 0 aliphatic carbocycles. The lowest BCUT2D eigenvalue weighted by molar-refractivity contribution is 0.0954.